The van der Waals surface area contributed by atoms with Gasteiger partial charge in [0, 0.05) is 35.8 Å². The Morgan fingerprint density at radius 3 is 2.75 bits per heavy atom. The number of rotatable bonds is 1. The van der Waals surface area contributed by atoms with E-state index >= 15 is 0 Å². The van der Waals surface area contributed by atoms with Gasteiger partial charge >= 0.3 is 12.1 Å². The summed E-state index contributed by atoms with van der Waals surface area (Å²) in [7, 11) is 1.80. The molecule has 0 saturated carbocycles. The van der Waals surface area contributed by atoms with Crippen LogP contribution < -0.4 is 0 Å². The van der Waals surface area contributed by atoms with Crippen LogP contribution in [0.5, 0.6) is 0 Å². The summed E-state index contributed by atoms with van der Waals surface area (Å²) in [5.74, 6) is -1.70. The monoisotopic (exact) mass is 406 g/mol. The summed E-state index contributed by atoms with van der Waals surface area (Å²) in [6, 6.07) is 5.34. The zero-order chi connectivity index (χ0) is 19.6. The second-order valence-corrected chi connectivity index (χ2v) is 6.77. The fraction of sp³-hybridized carbons (Fsp3) is 0.176. The lowest BCUT2D eigenvalue weighted by Crippen LogP contribution is -2.04. The van der Waals surface area contributed by atoms with Crippen molar-refractivity contribution in [2.45, 2.75) is 12.6 Å². The topological polar surface area (TPSA) is 74.6 Å². The summed E-state index contributed by atoms with van der Waals surface area (Å²) in [6.45, 7) is 0. The standard InChI is InChI=1S/C17H10ClF3N6O/c1-26-6-8-4-12-14(15-23-24-16(28-15)17(19,20)21)22-7-27(12)11-3-2-9(18)5-10(11)13(8)25-26/h2-3,5-7H,4H2,1H3. The molecule has 1 aromatic carbocycles. The van der Waals surface area contributed by atoms with Gasteiger partial charge in [0.05, 0.1) is 17.1 Å². The Labute approximate surface area is 160 Å². The number of imidazole rings is 1. The van der Waals surface area contributed by atoms with Gasteiger partial charge in [0.15, 0.2) is 0 Å². The summed E-state index contributed by atoms with van der Waals surface area (Å²) >= 11 is 6.18. The van der Waals surface area contributed by atoms with Crippen molar-refractivity contribution in [1.29, 1.82) is 0 Å². The molecule has 4 heterocycles. The molecule has 0 amide bonds. The number of halogens is 4. The third-order valence-corrected chi connectivity index (χ3v) is 4.71. The van der Waals surface area contributed by atoms with Crippen LogP contribution in [-0.4, -0.2) is 29.5 Å². The largest absolute Gasteiger partial charge is 0.470 e. The molecule has 1 aliphatic heterocycles. The van der Waals surface area contributed by atoms with Crippen LogP contribution in [0.2, 0.25) is 5.02 Å². The van der Waals surface area contributed by atoms with E-state index in [1.807, 2.05) is 12.3 Å². The van der Waals surface area contributed by atoms with Crippen molar-refractivity contribution in [3.8, 4) is 28.5 Å². The second-order valence-electron chi connectivity index (χ2n) is 6.33. The van der Waals surface area contributed by atoms with Crippen molar-refractivity contribution in [2.75, 3.05) is 0 Å². The van der Waals surface area contributed by atoms with Gasteiger partial charge in [-0.2, -0.15) is 18.3 Å². The van der Waals surface area contributed by atoms with Crippen LogP contribution in [0.25, 0.3) is 28.5 Å². The second kappa shape index (κ2) is 5.68. The van der Waals surface area contributed by atoms with Gasteiger partial charge in [-0.25, -0.2) is 4.98 Å². The van der Waals surface area contributed by atoms with E-state index in [-0.39, 0.29) is 11.6 Å². The zero-order valence-electron chi connectivity index (χ0n) is 14.2. The fourth-order valence-corrected chi connectivity index (χ4v) is 3.52. The lowest BCUT2D eigenvalue weighted by molar-refractivity contribution is -0.156. The number of aromatic nitrogens is 6. The van der Waals surface area contributed by atoms with Gasteiger partial charge in [-0.3, -0.25) is 4.68 Å². The third kappa shape index (κ3) is 2.52. The predicted octanol–water partition coefficient (Wildman–Crippen LogP) is 3.90. The Kier molecular flexibility index (Phi) is 3.45. The van der Waals surface area contributed by atoms with Crippen LogP contribution in [0.15, 0.2) is 35.1 Å². The van der Waals surface area contributed by atoms with Crippen LogP contribution in [0, 0.1) is 0 Å². The van der Waals surface area contributed by atoms with Crippen LogP contribution in [0.3, 0.4) is 0 Å². The van der Waals surface area contributed by atoms with Crippen molar-refractivity contribution >= 4 is 11.6 Å². The molecule has 0 fully saturated rings. The molecule has 4 aromatic rings. The summed E-state index contributed by atoms with van der Waals surface area (Å²) in [4.78, 5) is 4.25. The molecule has 1 aliphatic rings. The maximum Gasteiger partial charge on any atom is 0.470 e. The van der Waals surface area contributed by atoms with Crippen LogP contribution in [-0.2, 0) is 19.6 Å². The zero-order valence-corrected chi connectivity index (χ0v) is 15.0. The van der Waals surface area contributed by atoms with E-state index < -0.39 is 12.1 Å². The molecule has 0 atom stereocenters. The van der Waals surface area contributed by atoms with Gasteiger partial charge in [-0.15, -0.1) is 10.2 Å². The average molecular weight is 407 g/mol. The van der Waals surface area contributed by atoms with Gasteiger partial charge in [-0.05, 0) is 18.2 Å². The Bertz CT molecular complexity index is 1220. The SMILES string of the molecule is Cn1cc2c(n1)-c1cc(Cl)ccc1-n1cnc(-c3nnc(C(F)(F)F)o3)c1C2. The highest BCUT2D eigenvalue weighted by molar-refractivity contribution is 6.31. The van der Waals surface area contributed by atoms with E-state index in [9.17, 15) is 13.2 Å². The highest BCUT2D eigenvalue weighted by Gasteiger charge is 2.39. The molecule has 3 aromatic heterocycles. The molecule has 5 rings (SSSR count). The molecule has 0 N–H and O–H groups in total. The fourth-order valence-electron chi connectivity index (χ4n) is 3.34. The smallest absolute Gasteiger partial charge is 0.411 e. The van der Waals surface area contributed by atoms with E-state index in [0.717, 1.165) is 22.5 Å². The van der Waals surface area contributed by atoms with Crippen molar-refractivity contribution in [3.63, 3.8) is 0 Å². The van der Waals surface area contributed by atoms with E-state index in [4.69, 9.17) is 16.0 Å². The van der Waals surface area contributed by atoms with E-state index in [1.165, 1.54) is 6.33 Å². The first-order chi connectivity index (χ1) is 13.3. The maximum absolute atomic E-state index is 12.8. The van der Waals surface area contributed by atoms with Gasteiger partial charge in [-0.1, -0.05) is 11.6 Å². The number of hydrogen-bond acceptors (Lipinski definition) is 5. The van der Waals surface area contributed by atoms with Crippen LogP contribution >= 0.6 is 11.6 Å². The summed E-state index contributed by atoms with van der Waals surface area (Å²) in [5.41, 5.74) is 3.99. The number of benzene rings is 1. The molecule has 0 aliphatic carbocycles. The van der Waals surface area contributed by atoms with Crippen LogP contribution in [0.4, 0.5) is 13.2 Å². The van der Waals surface area contributed by atoms with E-state index in [2.05, 4.69) is 20.3 Å². The number of nitrogens with zero attached hydrogens (tertiary/aromatic N) is 6. The van der Waals surface area contributed by atoms with E-state index in [1.54, 1.807) is 28.4 Å². The highest BCUT2D eigenvalue weighted by Crippen LogP contribution is 2.39. The number of fused-ring (bicyclic) bond motifs is 5. The van der Waals surface area contributed by atoms with Gasteiger partial charge in [0.25, 0.3) is 5.89 Å². The molecule has 7 nitrogen and oxygen atoms in total. The molecule has 11 heteroatoms. The molecule has 0 bridgehead atoms. The first-order valence-electron chi connectivity index (χ1n) is 8.11. The minimum Gasteiger partial charge on any atom is -0.411 e. The van der Waals surface area contributed by atoms with Crippen molar-refractivity contribution in [2.24, 2.45) is 7.05 Å². The average Bonchev–Trinajstić information content (AvgIpc) is 3.32. The predicted molar refractivity (Wildman–Crippen MR) is 91.9 cm³/mol. The molecule has 28 heavy (non-hydrogen) atoms. The lowest BCUT2D eigenvalue weighted by Gasteiger charge is -2.09. The first-order valence-corrected chi connectivity index (χ1v) is 8.49. The Morgan fingerprint density at radius 2 is 2.00 bits per heavy atom. The molecule has 142 valence electrons. The maximum atomic E-state index is 12.8. The van der Waals surface area contributed by atoms with Gasteiger partial charge in [0.1, 0.15) is 12.0 Å². The summed E-state index contributed by atoms with van der Waals surface area (Å²) in [5, 5.41) is 11.7. The number of aryl methyl sites for hydroxylation is 1. The normalized spacial score (nSPS) is 13.0. The molecule has 0 saturated heterocycles. The molecule has 0 spiro atoms. The van der Waals surface area contributed by atoms with Crippen LogP contribution in [0.1, 0.15) is 17.1 Å². The van der Waals surface area contributed by atoms with Crippen molar-refractivity contribution in [1.82, 2.24) is 29.5 Å². The van der Waals surface area contributed by atoms with Crippen molar-refractivity contribution < 1.29 is 17.6 Å². The summed E-state index contributed by atoms with van der Waals surface area (Å²) in [6.07, 6.45) is -0.988. The Balaban J connectivity index is 1.73. The number of hydrogen-bond donors (Lipinski definition) is 0. The van der Waals surface area contributed by atoms with Gasteiger partial charge < -0.3 is 8.98 Å². The third-order valence-electron chi connectivity index (χ3n) is 4.47. The minimum absolute atomic E-state index is 0.195. The Morgan fingerprint density at radius 1 is 1.18 bits per heavy atom. The Hall–Kier alpha value is -3.14. The number of alkyl halides is 3. The van der Waals surface area contributed by atoms with Gasteiger partial charge in [0.2, 0.25) is 0 Å². The van der Waals surface area contributed by atoms with Crippen molar-refractivity contribution in [3.05, 3.63) is 52.9 Å². The van der Waals surface area contributed by atoms with E-state index in [0.29, 0.717) is 17.1 Å². The highest BCUT2D eigenvalue weighted by atomic mass is 35.5. The molecule has 0 radical (unpaired) electrons. The molecular weight excluding hydrogens is 397 g/mol. The summed E-state index contributed by atoms with van der Waals surface area (Å²) < 4.78 is 46.8. The molecule has 0 unspecified atom stereocenters. The molecular formula is C17H10ClF3N6O. The minimum atomic E-state index is -4.72. The lowest BCUT2D eigenvalue weighted by atomic mass is 10.0. The first kappa shape index (κ1) is 17.0. The quantitative estimate of drug-likeness (QED) is 0.422.